The zero-order chi connectivity index (χ0) is 18.2. The van der Waals surface area contributed by atoms with Gasteiger partial charge in [0.05, 0.1) is 10.8 Å². The van der Waals surface area contributed by atoms with Crippen molar-refractivity contribution in [1.82, 2.24) is 0 Å². The van der Waals surface area contributed by atoms with Gasteiger partial charge >= 0.3 is 0 Å². The minimum atomic E-state index is 0.736. The number of thiocarbonyl (C=S) groups is 1. The molecule has 0 atom stereocenters. The van der Waals surface area contributed by atoms with Crippen LogP contribution in [0, 0.1) is 17.8 Å². The average molecular weight is 360 g/mol. The molecule has 1 saturated carbocycles. The third kappa shape index (κ3) is 5.15. The summed E-state index contributed by atoms with van der Waals surface area (Å²) in [5.41, 5.74) is 4.33. The molecule has 0 saturated heterocycles. The first-order valence-corrected chi connectivity index (χ1v) is 9.99. The molecule has 132 valence electrons. The van der Waals surface area contributed by atoms with Gasteiger partial charge in [-0.2, -0.15) is 4.99 Å². The zero-order valence-corrected chi connectivity index (χ0v) is 16.2. The van der Waals surface area contributed by atoms with Crippen LogP contribution in [0.4, 0.5) is 5.69 Å². The smallest absolute Gasteiger partial charge is 0.0740 e. The number of nitrogens with zero attached hydrogens (tertiary/aromatic N) is 1. The number of aliphatic imine (C=N–C) groups is 1. The van der Waals surface area contributed by atoms with Crippen molar-refractivity contribution >= 4 is 23.1 Å². The second kappa shape index (κ2) is 9.48. The van der Waals surface area contributed by atoms with Gasteiger partial charge in [-0.15, -0.1) is 0 Å². The largest absolute Gasteiger partial charge is 0.195 e. The van der Waals surface area contributed by atoms with Crippen LogP contribution in [-0.4, -0.2) is 5.16 Å². The van der Waals surface area contributed by atoms with Gasteiger partial charge in [0.2, 0.25) is 0 Å². The first-order valence-electron chi connectivity index (χ1n) is 9.58. The van der Waals surface area contributed by atoms with Crippen molar-refractivity contribution in [3.05, 3.63) is 65.2 Å². The van der Waals surface area contributed by atoms with E-state index in [1.807, 2.05) is 24.3 Å². The van der Waals surface area contributed by atoms with Crippen LogP contribution in [0.1, 0.15) is 68.1 Å². The Morgan fingerprint density at radius 1 is 0.885 bits per heavy atom. The first kappa shape index (κ1) is 18.6. The number of rotatable bonds is 4. The Balaban J connectivity index is 1.61. The van der Waals surface area contributed by atoms with Crippen molar-refractivity contribution in [2.45, 2.75) is 51.4 Å². The van der Waals surface area contributed by atoms with Crippen molar-refractivity contribution in [1.29, 1.82) is 0 Å². The Morgan fingerprint density at radius 2 is 1.46 bits per heavy atom. The molecule has 0 unspecified atom stereocenters. The SMILES string of the molecule is CCCC1CCC(c2ccc(C#Cc3ccc(N=C=S)cc3)cc2)CC1. The highest BCUT2D eigenvalue weighted by Gasteiger charge is 2.21. The highest BCUT2D eigenvalue weighted by atomic mass is 32.1. The highest BCUT2D eigenvalue weighted by Crippen LogP contribution is 2.37. The molecule has 2 aromatic carbocycles. The van der Waals surface area contributed by atoms with Gasteiger partial charge < -0.3 is 0 Å². The van der Waals surface area contributed by atoms with Gasteiger partial charge in [-0.3, -0.25) is 0 Å². The molecule has 0 heterocycles. The molecule has 1 nitrogen and oxygen atoms in total. The predicted molar refractivity (Wildman–Crippen MR) is 113 cm³/mol. The van der Waals surface area contributed by atoms with Crippen molar-refractivity contribution in [2.24, 2.45) is 10.9 Å². The predicted octanol–water partition coefficient (Wildman–Crippen LogP) is 6.89. The van der Waals surface area contributed by atoms with Crippen molar-refractivity contribution < 1.29 is 0 Å². The lowest BCUT2D eigenvalue weighted by atomic mass is 9.77. The van der Waals surface area contributed by atoms with Gasteiger partial charge in [-0.25, -0.2) is 0 Å². The minimum absolute atomic E-state index is 0.736. The van der Waals surface area contributed by atoms with E-state index in [0.717, 1.165) is 28.7 Å². The molecule has 2 aromatic rings. The summed E-state index contributed by atoms with van der Waals surface area (Å²) >= 11 is 4.61. The summed E-state index contributed by atoms with van der Waals surface area (Å²) < 4.78 is 0. The maximum absolute atomic E-state index is 4.61. The Bertz CT molecular complexity index is 809. The topological polar surface area (TPSA) is 12.4 Å². The molecule has 0 spiro atoms. The zero-order valence-electron chi connectivity index (χ0n) is 15.4. The van der Waals surface area contributed by atoms with Crippen molar-refractivity contribution in [3.8, 4) is 11.8 Å². The molecule has 1 aliphatic carbocycles. The van der Waals surface area contributed by atoms with Crippen LogP contribution in [0.3, 0.4) is 0 Å². The van der Waals surface area contributed by atoms with E-state index < -0.39 is 0 Å². The number of hydrogen-bond donors (Lipinski definition) is 0. The van der Waals surface area contributed by atoms with Gasteiger partial charge in [0.25, 0.3) is 0 Å². The average Bonchev–Trinajstić information content (AvgIpc) is 2.69. The normalized spacial score (nSPS) is 19.1. The van der Waals surface area contributed by atoms with Gasteiger partial charge in [-0.05, 0) is 91.7 Å². The lowest BCUT2D eigenvalue weighted by Crippen LogP contribution is -2.13. The standard InChI is InChI=1S/C24H25NS/c1-2-3-19-6-12-22(13-7-19)23-14-8-20(9-15-23)4-5-21-10-16-24(17-11-21)25-18-26/h8-11,14-17,19,22H,2-3,6-7,12-13H2,1H3. The molecule has 1 fully saturated rings. The van der Waals surface area contributed by atoms with Crippen molar-refractivity contribution in [3.63, 3.8) is 0 Å². The third-order valence-electron chi connectivity index (χ3n) is 5.32. The highest BCUT2D eigenvalue weighted by molar-refractivity contribution is 7.78. The van der Waals surface area contributed by atoms with Gasteiger partial charge in [0.1, 0.15) is 0 Å². The van der Waals surface area contributed by atoms with Crippen LogP contribution in [0.25, 0.3) is 0 Å². The monoisotopic (exact) mass is 359 g/mol. The van der Waals surface area contributed by atoms with Crippen LogP contribution >= 0.6 is 12.2 Å². The fourth-order valence-electron chi connectivity index (χ4n) is 3.85. The molecule has 0 aliphatic heterocycles. The molecule has 3 rings (SSSR count). The van der Waals surface area contributed by atoms with E-state index in [2.05, 4.69) is 65.4 Å². The molecule has 0 radical (unpaired) electrons. The van der Waals surface area contributed by atoms with E-state index >= 15 is 0 Å². The Hall–Kier alpha value is -2.20. The fourth-order valence-corrected chi connectivity index (χ4v) is 3.95. The van der Waals surface area contributed by atoms with Crippen LogP contribution in [0.15, 0.2) is 53.5 Å². The Labute approximate surface area is 162 Å². The Kier molecular flexibility index (Phi) is 6.78. The van der Waals surface area contributed by atoms with E-state index in [4.69, 9.17) is 0 Å². The molecule has 26 heavy (non-hydrogen) atoms. The maximum Gasteiger partial charge on any atom is 0.0740 e. The minimum Gasteiger partial charge on any atom is -0.195 e. The summed E-state index contributed by atoms with van der Waals surface area (Å²) in [6.45, 7) is 2.30. The summed E-state index contributed by atoms with van der Waals surface area (Å²) in [5.74, 6) is 8.16. The van der Waals surface area contributed by atoms with E-state index in [1.54, 1.807) is 0 Å². The maximum atomic E-state index is 4.61. The quantitative estimate of drug-likeness (QED) is 0.329. The van der Waals surface area contributed by atoms with E-state index in [-0.39, 0.29) is 0 Å². The number of isothiocyanates is 1. The van der Waals surface area contributed by atoms with Crippen LogP contribution in [0.5, 0.6) is 0 Å². The summed E-state index contributed by atoms with van der Waals surface area (Å²) in [5, 5.41) is 2.37. The molecular formula is C24H25NS. The molecular weight excluding hydrogens is 334 g/mol. The lowest BCUT2D eigenvalue weighted by molar-refractivity contribution is 0.308. The first-order chi connectivity index (χ1) is 12.8. The van der Waals surface area contributed by atoms with Gasteiger partial charge in [0.15, 0.2) is 0 Å². The molecule has 0 aromatic heterocycles. The van der Waals surface area contributed by atoms with Crippen LogP contribution in [0.2, 0.25) is 0 Å². The number of benzene rings is 2. The fraction of sp³-hybridized carbons (Fsp3) is 0.375. The third-order valence-corrected chi connectivity index (χ3v) is 5.41. The van der Waals surface area contributed by atoms with Crippen LogP contribution < -0.4 is 0 Å². The van der Waals surface area contributed by atoms with E-state index in [1.165, 1.54) is 44.1 Å². The summed E-state index contributed by atoms with van der Waals surface area (Å²) in [6.07, 6.45) is 8.19. The summed E-state index contributed by atoms with van der Waals surface area (Å²) in [7, 11) is 0. The molecule has 1 aliphatic rings. The molecule has 0 amide bonds. The second-order valence-corrected chi connectivity index (χ2v) is 7.31. The van der Waals surface area contributed by atoms with E-state index in [0.29, 0.717) is 0 Å². The molecule has 0 bridgehead atoms. The van der Waals surface area contributed by atoms with Gasteiger partial charge in [0, 0.05) is 11.1 Å². The summed E-state index contributed by atoms with van der Waals surface area (Å²) in [4.78, 5) is 3.95. The van der Waals surface area contributed by atoms with E-state index in [9.17, 15) is 0 Å². The Morgan fingerprint density at radius 3 is 2.00 bits per heavy atom. The second-order valence-electron chi connectivity index (χ2n) is 7.13. The summed E-state index contributed by atoms with van der Waals surface area (Å²) in [6, 6.07) is 16.6. The number of hydrogen-bond acceptors (Lipinski definition) is 2. The molecule has 0 N–H and O–H groups in total. The van der Waals surface area contributed by atoms with Crippen molar-refractivity contribution in [2.75, 3.05) is 0 Å². The van der Waals surface area contributed by atoms with Crippen LogP contribution in [-0.2, 0) is 0 Å². The van der Waals surface area contributed by atoms with Gasteiger partial charge in [-0.1, -0.05) is 43.7 Å². The molecule has 2 heteroatoms. The lowest BCUT2D eigenvalue weighted by Gasteiger charge is -2.28.